The van der Waals surface area contributed by atoms with Gasteiger partial charge >= 0.3 is 5.97 Å². The standard InChI is InChI=1S/C17H21N3O6S/c1-3-8-18-27(24,25)13-6-4-12(5-7-13)19-15-14(17(23)26-2)11-20(9-10-21)16(15)22/h3-7,18-19,21H,1,8-11H2,2H3. The molecule has 1 aliphatic heterocycles. The van der Waals surface area contributed by atoms with Crippen molar-refractivity contribution >= 4 is 27.6 Å². The van der Waals surface area contributed by atoms with Crippen molar-refractivity contribution in [3.8, 4) is 0 Å². The Morgan fingerprint density at radius 2 is 2.04 bits per heavy atom. The van der Waals surface area contributed by atoms with Crippen LogP contribution in [0.5, 0.6) is 0 Å². The van der Waals surface area contributed by atoms with Gasteiger partial charge in [0.25, 0.3) is 5.91 Å². The zero-order valence-corrected chi connectivity index (χ0v) is 15.6. The Bertz CT molecular complexity index is 861. The van der Waals surface area contributed by atoms with E-state index in [0.717, 1.165) is 0 Å². The van der Waals surface area contributed by atoms with Crippen molar-refractivity contribution in [3.05, 3.63) is 48.2 Å². The second kappa shape index (κ2) is 8.80. The first kappa shape index (κ1) is 20.6. The van der Waals surface area contributed by atoms with E-state index in [0.29, 0.717) is 5.69 Å². The Hall–Kier alpha value is -2.69. The highest BCUT2D eigenvalue weighted by Crippen LogP contribution is 2.23. The minimum absolute atomic E-state index is 0.0202. The van der Waals surface area contributed by atoms with E-state index in [1.54, 1.807) is 0 Å². The molecule has 0 saturated carbocycles. The van der Waals surface area contributed by atoms with E-state index >= 15 is 0 Å². The first-order valence-electron chi connectivity index (χ1n) is 8.03. The summed E-state index contributed by atoms with van der Waals surface area (Å²) in [5.74, 6) is -1.10. The molecule has 146 valence electrons. The third-order valence-electron chi connectivity index (χ3n) is 3.81. The quantitative estimate of drug-likeness (QED) is 0.391. The molecule has 1 aliphatic rings. The van der Waals surface area contributed by atoms with Crippen molar-refractivity contribution in [2.24, 2.45) is 0 Å². The number of hydrogen-bond donors (Lipinski definition) is 3. The van der Waals surface area contributed by atoms with Gasteiger partial charge in [0.15, 0.2) is 0 Å². The normalized spacial score (nSPS) is 14.4. The average Bonchev–Trinajstić information content (AvgIpc) is 2.96. The van der Waals surface area contributed by atoms with Crippen molar-refractivity contribution in [2.75, 3.05) is 38.7 Å². The zero-order chi connectivity index (χ0) is 20.0. The number of anilines is 1. The summed E-state index contributed by atoms with van der Waals surface area (Å²) < 4.78 is 31.2. The number of sulfonamides is 1. The molecule has 1 heterocycles. The maximum atomic E-state index is 12.4. The molecule has 1 aromatic rings. The van der Waals surface area contributed by atoms with Crippen LogP contribution in [0.1, 0.15) is 0 Å². The smallest absolute Gasteiger partial charge is 0.337 e. The van der Waals surface area contributed by atoms with E-state index in [1.807, 2.05) is 0 Å². The van der Waals surface area contributed by atoms with Crippen molar-refractivity contribution in [1.82, 2.24) is 9.62 Å². The topological polar surface area (TPSA) is 125 Å². The Morgan fingerprint density at radius 3 is 2.59 bits per heavy atom. The number of hydrogen-bond acceptors (Lipinski definition) is 7. The highest BCUT2D eigenvalue weighted by atomic mass is 32.2. The Kier molecular flexibility index (Phi) is 6.72. The number of ether oxygens (including phenoxy) is 1. The fraction of sp³-hybridized carbons (Fsp3) is 0.294. The van der Waals surface area contributed by atoms with E-state index in [1.165, 1.54) is 42.4 Å². The van der Waals surface area contributed by atoms with E-state index in [-0.39, 0.29) is 42.4 Å². The van der Waals surface area contributed by atoms with Crippen LogP contribution in [0.15, 0.2) is 53.1 Å². The molecule has 0 aliphatic carbocycles. The number of benzene rings is 1. The molecule has 0 spiro atoms. The second-order valence-electron chi connectivity index (χ2n) is 5.59. The molecular formula is C17H21N3O6S. The molecular weight excluding hydrogens is 374 g/mol. The van der Waals surface area contributed by atoms with Gasteiger partial charge in [0.2, 0.25) is 10.0 Å². The molecule has 0 saturated heterocycles. The lowest BCUT2D eigenvalue weighted by Crippen LogP contribution is -2.31. The van der Waals surface area contributed by atoms with Gasteiger partial charge in [0.1, 0.15) is 5.70 Å². The maximum absolute atomic E-state index is 12.4. The predicted octanol–water partition coefficient (Wildman–Crippen LogP) is -0.176. The van der Waals surface area contributed by atoms with Crippen LogP contribution in [0.2, 0.25) is 0 Å². The van der Waals surface area contributed by atoms with Gasteiger partial charge in [-0.05, 0) is 24.3 Å². The first-order valence-corrected chi connectivity index (χ1v) is 9.51. The first-order chi connectivity index (χ1) is 12.8. The molecule has 0 bridgehead atoms. The Labute approximate surface area is 157 Å². The fourth-order valence-electron chi connectivity index (χ4n) is 2.46. The lowest BCUT2D eigenvalue weighted by molar-refractivity contribution is -0.136. The number of rotatable bonds is 9. The van der Waals surface area contributed by atoms with Gasteiger partial charge in [-0.3, -0.25) is 4.79 Å². The van der Waals surface area contributed by atoms with Crippen LogP contribution in [0.4, 0.5) is 5.69 Å². The van der Waals surface area contributed by atoms with E-state index < -0.39 is 21.9 Å². The van der Waals surface area contributed by atoms with Crippen LogP contribution < -0.4 is 10.0 Å². The van der Waals surface area contributed by atoms with Crippen LogP contribution in [0.3, 0.4) is 0 Å². The number of nitrogens with zero attached hydrogens (tertiary/aromatic N) is 1. The van der Waals surface area contributed by atoms with Crippen molar-refractivity contribution in [2.45, 2.75) is 4.90 Å². The van der Waals surface area contributed by atoms with Crippen molar-refractivity contribution < 1.29 is 27.9 Å². The number of aliphatic hydroxyl groups is 1. The summed E-state index contributed by atoms with van der Waals surface area (Å²) in [6, 6.07) is 5.70. The third-order valence-corrected chi connectivity index (χ3v) is 5.24. The molecule has 2 rings (SSSR count). The summed E-state index contributed by atoms with van der Waals surface area (Å²) in [5, 5.41) is 11.9. The third kappa shape index (κ3) is 4.73. The molecule has 9 nitrogen and oxygen atoms in total. The number of esters is 1. The number of nitrogens with one attached hydrogen (secondary N) is 2. The van der Waals surface area contributed by atoms with Crippen molar-refractivity contribution in [1.29, 1.82) is 0 Å². The number of carbonyl (C=O) groups is 2. The molecule has 1 amide bonds. The minimum atomic E-state index is -3.66. The summed E-state index contributed by atoms with van der Waals surface area (Å²) in [4.78, 5) is 25.7. The Balaban J connectivity index is 2.24. The fourth-order valence-corrected chi connectivity index (χ4v) is 3.46. The largest absolute Gasteiger partial charge is 0.466 e. The number of amides is 1. The number of β-amino-alcohol motifs (C(OH)–C–C–N with tert-alkyl or cyclic N) is 1. The highest BCUT2D eigenvalue weighted by Gasteiger charge is 2.34. The lowest BCUT2D eigenvalue weighted by atomic mass is 10.2. The molecule has 0 atom stereocenters. The predicted molar refractivity (Wildman–Crippen MR) is 98.2 cm³/mol. The van der Waals surface area contributed by atoms with Crippen LogP contribution in [0.25, 0.3) is 0 Å². The van der Waals surface area contributed by atoms with E-state index in [4.69, 9.17) is 9.84 Å². The number of methoxy groups -OCH3 is 1. The van der Waals surface area contributed by atoms with Gasteiger partial charge in [-0.15, -0.1) is 6.58 Å². The van der Waals surface area contributed by atoms with Gasteiger partial charge in [0.05, 0.1) is 30.7 Å². The summed E-state index contributed by atoms with van der Waals surface area (Å²) in [7, 11) is -2.45. The van der Waals surface area contributed by atoms with Crippen LogP contribution in [0, 0.1) is 0 Å². The second-order valence-corrected chi connectivity index (χ2v) is 7.35. The summed E-state index contributed by atoms with van der Waals surface area (Å²) in [6.45, 7) is 3.42. The molecule has 0 aromatic heterocycles. The van der Waals surface area contributed by atoms with Crippen LogP contribution >= 0.6 is 0 Å². The average molecular weight is 395 g/mol. The van der Waals surface area contributed by atoms with Gasteiger partial charge < -0.3 is 20.1 Å². The molecule has 3 N–H and O–H groups in total. The Morgan fingerprint density at radius 1 is 1.37 bits per heavy atom. The SMILES string of the molecule is C=CCNS(=O)(=O)c1ccc(NC2=C(C(=O)OC)CN(CCO)C2=O)cc1. The number of carbonyl (C=O) groups excluding carboxylic acids is 2. The van der Waals surface area contributed by atoms with Gasteiger partial charge in [-0.1, -0.05) is 6.08 Å². The van der Waals surface area contributed by atoms with E-state index in [9.17, 15) is 18.0 Å². The number of aliphatic hydroxyl groups excluding tert-OH is 1. The van der Waals surface area contributed by atoms with E-state index in [2.05, 4.69) is 16.6 Å². The monoisotopic (exact) mass is 395 g/mol. The summed E-state index contributed by atoms with van der Waals surface area (Å²) in [6.07, 6.45) is 1.43. The van der Waals surface area contributed by atoms with Gasteiger partial charge in [-0.2, -0.15) is 0 Å². The minimum Gasteiger partial charge on any atom is -0.466 e. The summed E-state index contributed by atoms with van der Waals surface area (Å²) in [5.41, 5.74) is 0.601. The molecule has 27 heavy (non-hydrogen) atoms. The molecule has 0 radical (unpaired) electrons. The molecule has 0 fully saturated rings. The molecule has 0 unspecified atom stereocenters. The lowest BCUT2D eigenvalue weighted by Gasteiger charge is -2.15. The van der Waals surface area contributed by atoms with Crippen LogP contribution in [-0.2, 0) is 24.3 Å². The van der Waals surface area contributed by atoms with Gasteiger partial charge in [-0.25, -0.2) is 17.9 Å². The maximum Gasteiger partial charge on any atom is 0.337 e. The summed E-state index contributed by atoms with van der Waals surface area (Å²) >= 11 is 0. The zero-order valence-electron chi connectivity index (χ0n) is 14.8. The van der Waals surface area contributed by atoms with Crippen LogP contribution in [-0.4, -0.2) is 63.7 Å². The molecule has 10 heteroatoms. The van der Waals surface area contributed by atoms with Gasteiger partial charge in [0, 0.05) is 18.8 Å². The highest BCUT2D eigenvalue weighted by molar-refractivity contribution is 7.89. The molecule has 1 aromatic carbocycles. The van der Waals surface area contributed by atoms with Crippen molar-refractivity contribution in [3.63, 3.8) is 0 Å².